The van der Waals surface area contributed by atoms with E-state index < -0.39 is 28.8 Å². The van der Waals surface area contributed by atoms with Gasteiger partial charge in [0.2, 0.25) is 0 Å². The second-order valence-electron chi connectivity index (χ2n) is 3.87. The molecule has 0 heterocycles. The zero-order valence-electron chi connectivity index (χ0n) is 10.6. The van der Waals surface area contributed by atoms with E-state index in [0.717, 1.165) is 18.2 Å². The second kappa shape index (κ2) is 6.73. The molecule has 1 rings (SSSR count). The van der Waals surface area contributed by atoms with E-state index in [1.54, 1.807) is 0 Å². The molecule has 0 bridgehead atoms. The number of nitro groups is 1. The summed E-state index contributed by atoms with van der Waals surface area (Å²) in [5.41, 5.74) is -0.606. The van der Waals surface area contributed by atoms with Crippen LogP contribution in [0.5, 0.6) is 0 Å². The van der Waals surface area contributed by atoms with Gasteiger partial charge < -0.3 is 14.9 Å². The Labute approximate surface area is 113 Å². The predicted molar refractivity (Wildman–Crippen MR) is 66.1 cm³/mol. The third-order valence-electron chi connectivity index (χ3n) is 2.48. The minimum absolute atomic E-state index is 0.0111. The Kier molecular flexibility index (Phi) is 5.30. The van der Waals surface area contributed by atoms with Crippen LogP contribution in [0.25, 0.3) is 0 Å². The summed E-state index contributed by atoms with van der Waals surface area (Å²) in [6, 6.07) is 3.13. The maximum absolute atomic E-state index is 11.3. The number of hydrogen-bond donors (Lipinski definition) is 2. The highest BCUT2D eigenvalue weighted by molar-refractivity contribution is 5.78. The highest BCUT2D eigenvalue weighted by Gasteiger charge is 2.28. The molecule has 2 unspecified atom stereocenters. The van der Waals surface area contributed by atoms with Gasteiger partial charge >= 0.3 is 5.97 Å². The molecule has 0 aliphatic heterocycles. The van der Waals surface area contributed by atoms with Gasteiger partial charge in [-0.1, -0.05) is 0 Å². The van der Waals surface area contributed by atoms with Crippen LogP contribution < -0.4 is 0 Å². The van der Waals surface area contributed by atoms with Gasteiger partial charge in [0.15, 0.2) is 6.10 Å². The van der Waals surface area contributed by atoms with Crippen LogP contribution in [-0.2, 0) is 9.53 Å². The molecule has 20 heavy (non-hydrogen) atoms. The smallest absolute Gasteiger partial charge is 0.338 e. The number of esters is 1. The number of carbonyl (C=O) groups excluding carboxylic acids is 2. The van der Waals surface area contributed by atoms with Crippen molar-refractivity contribution in [1.82, 2.24) is 0 Å². The lowest BCUT2D eigenvalue weighted by Gasteiger charge is -2.16. The number of hydrogen-bond acceptors (Lipinski definition) is 7. The number of aliphatic hydroxyl groups excluding tert-OH is 2. The van der Waals surface area contributed by atoms with E-state index in [2.05, 4.69) is 4.74 Å². The lowest BCUT2D eigenvalue weighted by Crippen LogP contribution is -2.30. The van der Waals surface area contributed by atoms with Crippen molar-refractivity contribution in [2.24, 2.45) is 0 Å². The number of non-ortho nitro benzene ring substituents is 1. The van der Waals surface area contributed by atoms with Gasteiger partial charge in [0.1, 0.15) is 12.4 Å². The minimum atomic E-state index is -1.89. The summed E-state index contributed by atoms with van der Waals surface area (Å²) < 4.78 is 4.53. The molecule has 0 aliphatic rings. The lowest BCUT2D eigenvalue weighted by molar-refractivity contribution is -0.385. The van der Waals surface area contributed by atoms with Crippen molar-refractivity contribution < 1.29 is 29.5 Å². The number of rotatable bonds is 6. The number of aldehydes is 1. The van der Waals surface area contributed by atoms with Crippen molar-refractivity contribution in [3.63, 3.8) is 0 Å². The summed E-state index contributed by atoms with van der Waals surface area (Å²) in [5, 5.41) is 30.1. The highest BCUT2D eigenvalue weighted by Crippen LogP contribution is 2.24. The number of benzene rings is 1. The monoisotopic (exact) mass is 283 g/mol. The van der Waals surface area contributed by atoms with E-state index in [-0.39, 0.29) is 17.7 Å². The fraction of sp³-hybridized carbons (Fsp3) is 0.333. The van der Waals surface area contributed by atoms with Gasteiger partial charge in [-0.25, -0.2) is 4.79 Å². The molecule has 0 aliphatic carbocycles. The average molecular weight is 283 g/mol. The molecule has 0 aromatic heterocycles. The molecule has 0 spiro atoms. The van der Waals surface area contributed by atoms with Crippen LogP contribution in [0.1, 0.15) is 28.9 Å². The van der Waals surface area contributed by atoms with Crippen molar-refractivity contribution >= 4 is 17.9 Å². The molecule has 0 amide bonds. The van der Waals surface area contributed by atoms with E-state index in [9.17, 15) is 29.9 Å². The Hall–Kier alpha value is -2.32. The number of carbonyl (C=O) groups is 2. The summed E-state index contributed by atoms with van der Waals surface area (Å²) in [7, 11) is 0. The Morgan fingerprint density at radius 2 is 2.10 bits per heavy atom. The first-order valence-corrected chi connectivity index (χ1v) is 5.68. The van der Waals surface area contributed by atoms with Crippen molar-refractivity contribution in [3.8, 4) is 0 Å². The molecule has 0 radical (unpaired) electrons. The van der Waals surface area contributed by atoms with Crippen LogP contribution in [0.4, 0.5) is 5.69 Å². The zero-order chi connectivity index (χ0) is 15.3. The topological polar surface area (TPSA) is 127 Å². The van der Waals surface area contributed by atoms with Crippen LogP contribution >= 0.6 is 0 Å². The van der Waals surface area contributed by atoms with Crippen LogP contribution in [0, 0.1) is 10.1 Å². The van der Waals surface area contributed by atoms with Gasteiger partial charge in [-0.3, -0.25) is 14.9 Å². The van der Waals surface area contributed by atoms with Gasteiger partial charge in [0, 0.05) is 17.7 Å². The predicted octanol–water partition coefficient (Wildman–Crippen LogP) is 0.365. The molecule has 0 fully saturated rings. The van der Waals surface area contributed by atoms with Crippen LogP contribution in [-0.4, -0.2) is 40.1 Å². The first-order valence-electron chi connectivity index (χ1n) is 5.68. The SMILES string of the molecule is CCOC(=O)C(O)C(O)c1cc(C=O)cc([N+](=O)[O-])c1. The third kappa shape index (κ3) is 3.59. The largest absolute Gasteiger partial charge is 0.464 e. The molecule has 2 N–H and O–H groups in total. The lowest BCUT2D eigenvalue weighted by atomic mass is 10.0. The fourth-order valence-corrected chi connectivity index (χ4v) is 1.54. The van der Waals surface area contributed by atoms with Crippen LogP contribution in [0.3, 0.4) is 0 Å². The molecule has 8 nitrogen and oxygen atoms in total. The summed E-state index contributed by atoms with van der Waals surface area (Å²) >= 11 is 0. The number of ether oxygens (including phenoxy) is 1. The van der Waals surface area contributed by atoms with Crippen molar-refractivity contribution in [2.45, 2.75) is 19.1 Å². The van der Waals surface area contributed by atoms with E-state index in [1.807, 2.05) is 0 Å². The first kappa shape index (κ1) is 15.7. The van der Waals surface area contributed by atoms with Crippen LogP contribution in [0.15, 0.2) is 18.2 Å². The van der Waals surface area contributed by atoms with Crippen molar-refractivity contribution in [2.75, 3.05) is 6.61 Å². The van der Waals surface area contributed by atoms with Gasteiger partial charge in [-0.05, 0) is 18.6 Å². The Balaban J connectivity index is 3.11. The first-order chi connectivity index (χ1) is 9.40. The third-order valence-corrected chi connectivity index (χ3v) is 2.48. The van der Waals surface area contributed by atoms with Gasteiger partial charge in [-0.2, -0.15) is 0 Å². The Bertz CT molecular complexity index is 529. The average Bonchev–Trinajstić information content (AvgIpc) is 2.45. The number of nitro benzene ring substituents is 1. The Morgan fingerprint density at radius 1 is 1.45 bits per heavy atom. The molecule has 1 aromatic rings. The van der Waals surface area contributed by atoms with E-state index in [4.69, 9.17) is 0 Å². The standard InChI is InChI=1S/C12H13NO7/c1-2-20-12(17)11(16)10(15)8-3-7(6-14)4-9(5-8)13(18)19/h3-6,10-11,15-16H,2H2,1H3. The van der Waals surface area contributed by atoms with E-state index >= 15 is 0 Å². The summed E-state index contributed by atoms with van der Waals surface area (Å²) in [4.78, 5) is 32.0. The summed E-state index contributed by atoms with van der Waals surface area (Å²) in [6.07, 6.45) is -3.26. The van der Waals surface area contributed by atoms with E-state index in [0.29, 0.717) is 6.29 Å². The molecule has 0 saturated carbocycles. The fourth-order valence-electron chi connectivity index (χ4n) is 1.54. The number of aliphatic hydroxyl groups is 2. The molecule has 0 saturated heterocycles. The quantitative estimate of drug-likeness (QED) is 0.334. The molecule has 108 valence electrons. The van der Waals surface area contributed by atoms with Crippen LogP contribution in [0.2, 0.25) is 0 Å². The maximum atomic E-state index is 11.3. The zero-order valence-corrected chi connectivity index (χ0v) is 10.6. The van der Waals surface area contributed by atoms with Crippen molar-refractivity contribution in [1.29, 1.82) is 0 Å². The molecular formula is C12H13NO7. The molecule has 1 aromatic carbocycles. The van der Waals surface area contributed by atoms with E-state index in [1.165, 1.54) is 6.92 Å². The van der Waals surface area contributed by atoms with Crippen molar-refractivity contribution in [3.05, 3.63) is 39.4 Å². The molecule has 2 atom stereocenters. The minimum Gasteiger partial charge on any atom is -0.464 e. The molecular weight excluding hydrogens is 270 g/mol. The van der Waals surface area contributed by atoms with Gasteiger partial charge in [0.25, 0.3) is 5.69 Å². The second-order valence-corrected chi connectivity index (χ2v) is 3.87. The van der Waals surface area contributed by atoms with Gasteiger partial charge in [-0.15, -0.1) is 0 Å². The highest BCUT2D eigenvalue weighted by atomic mass is 16.6. The summed E-state index contributed by atoms with van der Waals surface area (Å²) in [5.74, 6) is -1.06. The number of nitrogens with zero attached hydrogens (tertiary/aromatic N) is 1. The Morgan fingerprint density at radius 3 is 2.60 bits per heavy atom. The maximum Gasteiger partial charge on any atom is 0.338 e. The normalized spacial score (nSPS) is 13.3. The van der Waals surface area contributed by atoms with Gasteiger partial charge in [0.05, 0.1) is 11.5 Å². The summed E-state index contributed by atoms with van der Waals surface area (Å²) in [6.45, 7) is 1.53. The molecule has 8 heteroatoms.